The maximum Gasteiger partial charge on any atom is 0.253 e. The van der Waals surface area contributed by atoms with Gasteiger partial charge in [0.2, 0.25) is 5.91 Å². The Morgan fingerprint density at radius 2 is 1.88 bits per heavy atom. The van der Waals surface area contributed by atoms with Gasteiger partial charge in [-0.25, -0.2) is 4.39 Å². The zero-order valence-electron chi connectivity index (χ0n) is 15.4. The third-order valence-electron chi connectivity index (χ3n) is 4.74. The fraction of sp³-hybridized carbons (Fsp3) is 0.600. The van der Waals surface area contributed by atoms with Crippen LogP contribution in [0.15, 0.2) is 24.3 Å². The quantitative estimate of drug-likeness (QED) is 0.854. The number of carbonyl (C=O) groups is 2. The van der Waals surface area contributed by atoms with Crippen molar-refractivity contribution in [1.29, 1.82) is 0 Å². The van der Waals surface area contributed by atoms with Gasteiger partial charge in [-0.3, -0.25) is 9.59 Å². The molecule has 1 saturated heterocycles. The van der Waals surface area contributed by atoms with Crippen LogP contribution >= 0.6 is 0 Å². The first kappa shape index (κ1) is 19.4. The first-order valence-corrected chi connectivity index (χ1v) is 9.22. The van der Waals surface area contributed by atoms with Gasteiger partial charge in [-0.2, -0.15) is 0 Å². The van der Waals surface area contributed by atoms with Gasteiger partial charge in [0.15, 0.2) is 0 Å². The molecular formula is C20H29FN2O2. The normalized spacial score (nSPS) is 18.9. The van der Waals surface area contributed by atoms with E-state index >= 15 is 0 Å². The van der Waals surface area contributed by atoms with E-state index in [0.29, 0.717) is 24.6 Å². The number of nitrogens with zero attached hydrogens (tertiary/aromatic N) is 1. The molecule has 2 atom stereocenters. The molecule has 1 aromatic carbocycles. The summed E-state index contributed by atoms with van der Waals surface area (Å²) in [6.45, 7) is 7.45. The third-order valence-corrected chi connectivity index (χ3v) is 4.74. The average Bonchev–Trinajstić information content (AvgIpc) is 2.60. The highest BCUT2D eigenvalue weighted by Crippen LogP contribution is 2.19. The van der Waals surface area contributed by atoms with Gasteiger partial charge in [-0.1, -0.05) is 13.8 Å². The number of likely N-dealkylation sites (tertiary alicyclic amines) is 1. The molecule has 0 spiro atoms. The lowest BCUT2D eigenvalue weighted by Crippen LogP contribution is -2.47. The van der Waals surface area contributed by atoms with E-state index in [2.05, 4.69) is 19.2 Å². The van der Waals surface area contributed by atoms with E-state index in [0.717, 1.165) is 25.7 Å². The Kier molecular flexibility index (Phi) is 6.97. The van der Waals surface area contributed by atoms with Gasteiger partial charge < -0.3 is 10.2 Å². The van der Waals surface area contributed by atoms with Gasteiger partial charge >= 0.3 is 0 Å². The highest BCUT2D eigenvalue weighted by atomic mass is 19.1. The summed E-state index contributed by atoms with van der Waals surface area (Å²) in [6, 6.07) is 5.72. The van der Waals surface area contributed by atoms with Crippen LogP contribution in [-0.2, 0) is 4.79 Å². The molecular weight excluding hydrogens is 319 g/mol. The van der Waals surface area contributed by atoms with E-state index in [1.54, 1.807) is 4.90 Å². The summed E-state index contributed by atoms with van der Waals surface area (Å²) < 4.78 is 13.0. The molecule has 138 valence electrons. The molecule has 2 rings (SSSR count). The minimum Gasteiger partial charge on any atom is -0.353 e. The molecule has 1 aromatic rings. The summed E-state index contributed by atoms with van der Waals surface area (Å²) in [7, 11) is 0. The van der Waals surface area contributed by atoms with Crippen LogP contribution in [0.1, 0.15) is 56.8 Å². The molecule has 0 aromatic heterocycles. The number of hydrogen-bond donors (Lipinski definition) is 1. The van der Waals surface area contributed by atoms with Crippen molar-refractivity contribution >= 4 is 11.8 Å². The number of halogens is 1. The van der Waals surface area contributed by atoms with Gasteiger partial charge in [-0.05, 0) is 62.8 Å². The second-order valence-electron chi connectivity index (χ2n) is 7.48. The van der Waals surface area contributed by atoms with Crippen molar-refractivity contribution in [2.45, 2.75) is 52.5 Å². The first-order chi connectivity index (χ1) is 11.9. The molecule has 0 aliphatic carbocycles. The SMILES string of the molecule is CC(C)CCC(C)NC(=O)C1CCCN(C(=O)c2ccc(F)cc2)C1. The molecule has 1 aliphatic rings. The summed E-state index contributed by atoms with van der Waals surface area (Å²) in [5.41, 5.74) is 0.466. The van der Waals surface area contributed by atoms with Crippen LogP contribution in [0.3, 0.4) is 0 Å². The van der Waals surface area contributed by atoms with Crippen molar-refractivity contribution in [3.05, 3.63) is 35.6 Å². The molecule has 1 aliphatic heterocycles. The number of amides is 2. The maximum atomic E-state index is 13.0. The highest BCUT2D eigenvalue weighted by Gasteiger charge is 2.29. The van der Waals surface area contributed by atoms with E-state index in [-0.39, 0.29) is 29.6 Å². The maximum absolute atomic E-state index is 13.0. The summed E-state index contributed by atoms with van der Waals surface area (Å²) in [4.78, 5) is 26.8. The van der Waals surface area contributed by atoms with Crippen LogP contribution < -0.4 is 5.32 Å². The Morgan fingerprint density at radius 1 is 1.20 bits per heavy atom. The molecule has 0 saturated carbocycles. The van der Waals surface area contributed by atoms with E-state index in [1.165, 1.54) is 24.3 Å². The zero-order chi connectivity index (χ0) is 18.4. The van der Waals surface area contributed by atoms with Crippen LogP contribution in [0.25, 0.3) is 0 Å². The lowest BCUT2D eigenvalue weighted by molar-refractivity contribution is -0.127. The highest BCUT2D eigenvalue weighted by molar-refractivity contribution is 5.94. The second-order valence-corrected chi connectivity index (χ2v) is 7.48. The van der Waals surface area contributed by atoms with Crippen LogP contribution in [0.4, 0.5) is 4.39 Å². The van der Waals surface area contributed by atoms with Crippen LogP contribution in [0.2, 0.25) is 0 Å². The number of benzene rings is 1. The van der Waals surface area contributed by atoms with Crippen LogP contribution in [-0.4, -0.2) is 35.8 Å². The Balaban J connectivity index is 1.90. The van der Waals surface area contributed by atoms with Crippen molar-refractivity contribution < 1.29 is 14.0 Å². The minimum atomic E-state index is -0.358. The van der Waals surface area contributed by atoms with E-state index in [1.807, 2.05) is 6.92 Å². The number of nitrogens with one attached hydrogen (secondary N) is 1. The summed E-state index contributed by atoms with van der Waals surface area (Å²) in [6.07, 6.45) is 3.66. The Bertz CT molecular complexity index is 586. The smallest absolute Gasteiger partial charge is 0.253 e. The van der Waals surface area contributed by atoms with Crippen LogP contribution in [0.5, 0.6) is 0 Å². The molecule has 2 unspecified atom stereocenters. The van der Waals surface area contributed by atoms with Crippen LogP contribution in [0, 0.1) is 17.7 Å². The summed E-state index contributed by atoms with van der Waals surface area (Å²) >= 11 is 0. The van der Waals surface area contributed by atoms with Gasteiger partial charge in [0.25, 0.3) is 5.91 Å². The van der Waals surface area contributed by atoms with Gasteiger partial charge in [0.1, 0.15) is 5.82 Å². The predicted molar refractivity (Wildman–Crippen MR) is 96.7 cm³/mol. The second kappa shape index (κ2) is 8.97. The van der Waals surface area contributed by atoms with Crippen molar-refractivity contribution in [3.8, 4) is 0 Å². The Hall–Kier alpha value is -1.91. The average molecular weight is 348 g/mol. The molecule has 1 heterocycles. The standard InChI is InChI=1S/C20H29FN2O2/c1-14(2)6-7-15(3)22-19(24)17-5-4-12-23(13-17)20(25)16-8-10-18(21)11-9-16/h8-11,14-15,17H,4-7,12-13H2,1-3H3,(H,22,24). The molecule has 1 fully saturated rings. The number of piperidine rings is 1. The topological polar surface area (TPSA) is 49.4 Å². The van der Waals surface area contributed by atoms with Crippen molar-refractivity contribution in [2.24, 2.45) is 11.8 Å². The van der Waals surface area contributed by atoms with Crippen molar-refractivity contribution in [2.75, 3.05) is 13.1 Å². The first-order valence-electron chi connectivity index (χ1n) is 9.22. The molecule has 1 N–H and O–H groups in total. The van der Waals surface area contributed by atoms with Crippen molar-refractivity contribution in [3.63, 3.8) is 0 Å². The monoisotopic (exact) mass is 348 g/mol. The largest absolute Gasteiger partial charge is 0.353 e. The minimum absolute atomic E-state index is 0.0351. The number of rotatable bonds is 6. The van der Waals surface area contributed by atoms with E-state index < -0.39 is 0 Å². The van der Waals surface area contributed by atoms with Crippen molar-refractivity contribution in [1.82, 2.24) is 10.2 Å². The summed E-state index contributed by atoms with van der Waals surface area (Å²) in [5.74, 6) is -0.00134. The summed E-state index contributed by atoms with van der Waals surface area (Å²) in [5, 5.41) is 3.09. The fourth-order valence-electron chi connectivity index (χ4n) is 3.17. The van der Waals surface area contributed by atoms with Gasteiger partial charge in [-0.15, -0.1) is 0 Å². The van der Waals surface area contributed by atoms with E-state index in [9.17, 15) is 14.0 Å². The number of hydrogen-bond acceptors (Lipinski definition) is 2. The molecule has 4 nitrogen and oxygen atoms in total. The van der Waals surface area contributed by atoms with E-state index in [4.69, 9.17) is 0 Å². The van der Waals surface area contributed by atoms with Gasteiger partial charge in [0.05, 0.1) is 5.92 Å². The van der Waals surface area contributed by atoms with Gasteiger partial charge in [0, 0.05) is 24.7 Å². The lowest BCUT2D eigenvalue weighted by atomic mass is 9.95. The lowest BCUT2D eigenvalue weighted by Gasteiger charge is -2.32. The fourth-order valence-corrected chi connectivity index (χ4v) is 3.17. The third kappa shape index (κ3) is 5.83. The molecule has 25 heavy (non-hydrogen) atoms. The molecule has 5 heteroatoms. The Morgan fingerprint density at radius 3 is 2.52 bits per heavy atom. The molecule has 0 radical (unpaired) electrons. The number of carbonyl (C=O) groups excluding carboxylic acids is 2. The molecule has 2 amide bonds. The predicted octanol–water partition coefficient (Wildman–Crippen LogP) is 3.62. The Labute approximate surface area is 149 Å². The zero-order valence-corrected chi connectivity index (χ0v) is 15.4. The molecule has 0 bridgehead atoms.